The molecule has 138 valence electrons. The summed E-state index contributed by atoms with van der Waals surface area (Å²) in [6.07, 6.45) is 6.51. The van der Waals surface area contributed by atoms with Crippen LogP contribution in [0.2, 0.25) is 0 Å². The third-order valence-electron chi connectivity index (χ3n) is 5.26. The Balaban J connectivity index is 1.43. The first-order valence-corrected chi connectivity index (χ1v) is 9.71. The third-order valence-corrected chi connectivity index (χ3v) is 5.26. The molecule has 25 heavy (non-hydrogen) atoms. The summed E-state index contributed by atoms with van der Waals surface area (Å²) in [5.74, 6) is 0. The number of fused-ring (bicyclic) bond motifs is 2. The fourth-order valence-corrected chi connectivity index (χ4v) is 4.20. The molecule has 2 saturated heterocycles. The number of rotatable bonds is 5. The summed E-state index contributed by atoms with van der Waals surface area (Å²) in [7, 11) is 0. The number of ether oxygens (including phenoxy) is 1. The van der Waals surface area contributed by atoms with Crippen LogP contribution in [-0.2, 0) is 11.2 Å². The Labute approximate surface area is 151 Å². The Kier molecular flexibility index (Phi) is 5.67. The van der Waals surface area contributed by atoms with E-state index in [1.165, 1.54) is 5.56 Å². The summed E-state index contributed by atoms with van der Waals surface area (Å²) in [5.41, 5.74) is 0.993. The fraction of sp³-hybridized carbons (Fsp3) is 0.667. The van der Waals surface area contributed by atoms with Gasteiger partial charge < -0.3 is 15.0 Å². The number of hydrogen-bond acceptors (Lipinski definition) is 3. The van der Waals surface area contributed by atoms with E-state index in [4.69, 9.17) is 4.74 Å². The number of carbonyl (C=O) groups excluding carboxylic acids is 1. The standard InChI is InChI=1S/C21H32N2O2/c1-21(2,3)25-20(24)23-18-11-12-19(23)15-17(14-18)22-13-7-10-16-8-5-4-6-9-16/h4-6,8-9,17-19,22H,7,10-15H2,1-3H3. The van der Waals surface area contributed by atoms with Gasteiger partial charge in [-0.1, -0.05) is 30.3 Å². The van der Waals surface area contributed by atoms with Gasteiger partial charge in [0.15, 0.2) is 0 Å². The molecule has 2 unspecified atom stereocenters. The van der Waals surface area contributed by atoms with Crippen molar-refractivity contribution in [1.82, 2.24) is 10.2 Å². The highest BCUT2D eigenvalue weighted by Gasteiger charge is 2.44. The molecule has 1 aromatic rings. The largest absolute Gasteiger partial charge is 0.444 e. The lowest BCUT2D eigenvalue weighted by Crippen LogP contribution is -2.52. The van der Waals surface area contributed by atoms with Crippen molar-refractivity contribution in [3.05, 3.63) is 35.9 Å². The van der Waals surface area contributed by atoms with Crippen LogP contribution in [-0.4, -0.2) is 41.3 Å². The van der Waals surface area contributed by atoms with Gasteiger partial charge in [-0.05, 0) is 71.4 Å². The highest BCUT2D eigenvalue weighted by molar-refractivity contribution is 5.69. The van der Waals surface area contributed by atoms with Crippen molar-refractivity contribution in [3.8, 4) is 0 Å². The van der Waals surface area contributed by atoms with Crippen molar-refractivity contribution in [2.45, 2.75) is 83.0 Å². The predicted octanol–water partition coefficient (Wildman–Crippen LogP) is 4.14. The minimum atomic E-state index is -0.414. The zero-order chi connectivity index (χ0) is 17.9. The molecule has 3 rings (SSSR count). The molecule has 2 atom stereocenters. The van der Waals surface area contributed by atoms with Gasteiger partial charge in [-0.2, -0.15) is 0 Å². The topological polar surface area (TPSA) is 41.6 Å². The molecule has 1 aromatic carbocycles. The minimum absolute atomic E-state index is 0.123. The third kappa shape index (κ3) is 4.97. The van der Waals surface area contributed by atoms with Gasteiger partial charge in [0, 0.05) is 18.1 Å². The van der Waals surface area contributed by atoms with Crippen LogP contribution in [0.3, 0.4) is 0 Å². The second-order valence-corrected chi connectivity index (χ2v) is 8.48. The van der Waals surface area contributed by atoms with E-state index in [2.05, 4.69) is 35.6 Å². The van der Waals surface area contributed by atoms with Crippen LogP contribution in [0, 0.1) is 0 Å². The number of aryl methyl sites for hydroxylation is 1. The quantitative estimate of drug-likeness (QED) is 0.816. The molecule has 2 bridgehead atoms. The number of carbonyl (C=O) groups is 1. The fourth-order valence-electron chi connectivity index (χ4n) is 4.20. The molecule has 4 nitrogen and oxygen atoms in total. The highest BCUT2D eigenvalue weighted by atomic mass is 16.6. The summed E-state index contributed by atoms with van der Waals surface area (Å²) < 4.78 is 5.61. The second-order valence-electron chi connectivity index (χ2n) is 8.48. The van der Waals surface area contributed by atoms with Crippen LogP contribution in [0.5, 0.6) is 0 Å². The highest BCUT2D eigenvalue weighted by Crippen LogP contribution is 2.36. The monoisotopic (exact) mass is 344 g/mol. The summed E-state index contributed by atoms with van der Waals surface area (Å²) in [6, 6.07) is 11.9. The summed E-state index contributed by atoms with van der Waals surface area (Å²) >= 11 is 0. The van der Waals surface area contributed by atoms with Crippen LogP contribution in [0.25, 0.3) is 0 Å². The first-order chi connectivity index (χ1) is 11.9. The van der Waals surface area contributed by atoms with Crippen molar-refractivity contribution < 1.29 is 9.53 Å². The zero-order valence-corrected chi connectivity index (χ0v) is 15.8. The van der Waals surface area contributed by atoms with Crippen LogP contribution in [0.15, 0.2) is 30.3 Å². The lowest BCUT2D eigenvalue weighted by molar-refractivity contribution is 0.00475. The molecule has 2 fully saturated rings. The molecule has 0 radical (unpaired) electrons. The molecule has 0 aliphatic carbocycles. The maximum atomic E-state index is 12.5. The molecule has 2 aliphatic rings. The van der Waals surface area contributed by atoms with E-state index in [0.29, 0.717) is 18.1 Å². The molecule has 0 spiro atoms. The summed E-state index contributed by atoms with van der Waals surface area (Å²) in [5, 5.41) is 3.72. The van der Waals surface area contributed by atoms with Gasteiger partial charge >= 0.3 is 6.09 Å². The molecule has 2 aliphatic heterocycles. The van der Waals surface area contributed by atoms with Crippen molar-refractivity contribution in [1.29, 1.82) is 0 Å². The SMILES string of the molecule is CC(C)(C)OC(=O)N1C2CCC1CC(NCCCc1ccccc1)C2. The van der Waals surface area contributed by atoms with E-state index < -0.39 is 5.60 Å². The van der Waals surface area contributed by atoms with E-state index in [9.17, 15) is 4.79 Å². The molecule has 0 saturated carbocycles. The average Bonchev–Trinajstić information content (AvgIpc) is 2.82. The van der Waals surface area contributed by atoms with Gasteiger partial charge in [-0.25, -0.2) is 4.79 Å². The Morgan fingerprint density at radius 3 is 2.40 bits per heavy atom. The molecular weight excluding hydrogens is 312 g/mol. The molecule has 1 N–H and O–H groups in total. The Morgan fingerprint density at radius 2 is 1.80 bits per heavy atom. The maximum absolute atomic E-state index is 12.5. The molecular formula is C21H32N2O2. The lowest BCUT2D eigenvalue weighted by Gasteiger charge is -2.39. The molecule has 1 amide bonds. The van der Waals surface area contributed by atoms with Gasteiger partial charge in [-0.3, -0.25) is 0 Å². The van der Waals surface area contributed by atoms with Gasteiger partial charge in [0.05, 0.1) is 0 Å². The number of hydrogen-bond donors (Lipinski definition) is 1. The molecule has 2 heterocycles. The van der Waals surface area contributed by atoms with Gasteiger partial charge in [-0.15, -0.1) is 0 Å². The van der Waals surface area contributed by atoms with Crippen molar-refractivity contribution >= 4 is 6.09 Å². The first-order valence-electron chi connectivity index (χ1n) is 9.71. The number of piperidine rings is 1. The first kappa shape index (κ1) is 18.2. The normalized spacial score (nSPS) is 25.9. The number of nitrogens with zero attached hydrogens (tertiary/aromatic N) is 1. The van der Waals surface area contributed by atoms with E-state index in [1.807, 2.05) is 25.7 Å². The Morgan fingerprint density at radius 1 is 1.16 bits per heavy atom. The van der Waals surface area contributed by atoms with E-state index in [0.717, 1.165) is 45.1 Å². The van der Waals surface area contributed by atoms with Crippen molar-refractivity contribution in [3.63, 3.8) is 0 Å². The van der Waals surface area contributed by atoms with Crippen LogP contribution < -0.4 is 5.32 Å². The van der Waals surface area contributed by atoms with E-state index >= 15 is 0 Å². The van der Waals surface area contributed by atoms with Gasteiger partial charge in [0.25, 0.3) is 0 Å². The minimum Gasteiger partial charge on any atom is -0.444 e. The van der Waals surface area contributed by atoms with Gasteiger partial charge in [0.1, 0.15) is 5.60 Å². The van der Waals surface area contributed by atoms with Gasteiger partial charge in [0.2, 0.25) is 0 Å². The van der Waals surface area contributed by atoms with Crippen LogP contribution in [0.4, 0.5) is 4.79 Å². The summed E-state index contributed by atoms with van der Waals surface area (Å²) in [6.45, 7) is 6.86. The lowest BCUT2D eigenvalue weighted by atomic mass is 9.97. The smallest absolute Gasteiger partial charge is 0.410 e. The predicted molar refractivity (Wildman–Crippen MR) is 101 cm³/mol. The maximum Gasteiger partial charge on any atom is 0.410 e. The van der Waals surface area contributed by atoms with E-state index in [-0.39, 0.29) is 6.09 Å². The zero-order valence-electron chi connectivity index (χ0n) is 15.8. The Bertz CT molecular complexity index is 553. The number of nitrogens with one attached hydrogen (secondary N) is 1. The average molecular weight is 344 g/mol. The number of benzene rings is 1. The molecule has 4 heteroatoms. The number of amides is 1. The summed E-state index contributed by atoms with van der Waals surface area (Å²) in [4.78, 5) is 14.5. The van der Waals surface area contributed by atoms with Crippen LogP contribution >= 0.6 is 0 Å². The Hall–Kier alpha value is -1.55. The molecule has 0 aromatic heterocycles. The van der Waals surface area contributed by atoms with Crippen molar-refractivity contribution in [2.24, 2.45) is 0 Å². The van der Waals surface area contributed by atoms with Crippen molar-refractivity contribution in [2.75, 3.05) is 6.54 Å². The van der Waals surface area contributed by atoms with E-state index in [1.54, 1.807) is 0 Å². The van der Waals surface area contributed by atoms with Crippen LogP contribution in [0.1, 0.15) is 58.4 Å². The second kappa shape index (κ2) is 7.77.